The van der Waals surface area contributed by atoms with Gasteiger partial charge in [-0.05, 0) is 54.3 Å². The van der Waals surface area contributed by atoms with Gasteiger partial charge in [-0.15, -0.1) is 0 Å². The maximum atomic E-state index is 13.0. The zero-order valence-corrected chi connectivity index (χ0v) is 20.5. The summed E-state index contributed by atoms with van der Waals surface area (Å²) in [5.41, 5.74) is 1.85. The molecule has 0 aliphatic rings. The summed E-state index contributed by atoms with van der Waals surface area (Å²) < 4.78 is 38.9. The number of carbonyl (C=O) groups is 1. The molecule has 180 valence electrons. The van der Waals surface area contributed by atoms with Crippen LogP contribution in [0.2, 0.25) is 5.02 Å². The molecule has 0 saturated carbocycles. The smallest absolute Gasteiger partial charge is 0.241 e. The number of carbonyl (C=O) groups excluding carboxylic acids is 1. The van der Waals surface area contributed by atoms with E-state index in [1.54, 1.807) is 7.11 Å². The number of amides is 1. The highest BCUT2D eigenvalue weighted by molar-refractivity contribution is 7.89. The molecule has 0 fully saturated rings. The fraction of sp³-hybridized carbons (Fsp3) is 0.240. The number of hydrogen-bond donors (Lipinski definition) is 2. The van der Waals surface area contributed by atoms with E-state index in [9.17, 15) is 13.2 Å². The van der Waals surface area contributed by atoms with Gasteiger partial charge in [0.15, 0.2) is 0 Å². The minimum atomic E-state index is -4.02. The van der Waals surface area contributed by atoms with E-state index in [1.807, 2.05) is 54.6 Å². The van der Waals surface area contributed by atoms with Gasteiger partial charge in [0.25, 0.3) is 0 Å². The van der Waals surface area contributed by atoms with E-state index in [0.717, 1.165) is 16.9 Å². The summed E-state index contributed by atoms with van der Waals surface area (Å²) in [5.74, 6) is 0.696. The van der Waals surface area contributed by atoms with Crippen LogP contribution in [0.25, 0.3) is 0 Å². The van der Waals surface area contributed by atoms with Gasteiger partial charge >= 0.3 is 0 Å². The lowest BCUT2D eigenvalue weighted by Gasteiger charge is -2.19. The van der Waals surface area contributed by atoms with Crippen LogP contribution in [0.1, 0.15) is 11.1 Å². The number of hydrogen-bond acceptors (Lipinski definition) is 5. The van der Waals surface area contributed by atoms with E-state index in [4.69, 9.17) is 21.1 Å². The lowest BCUT2D eigenvalue weighted by molar-refractivity contribution is -0.122. The summed E-state index contributed by atoms with van der Waals surface area (Å²) in [6.45, 7) is 0.354. The zero-order valence-electron chi connectivity index (χ0n) is 19.0. The van der Waals surface area contributed by atoms with Crippen LogP contribution in [0.4, 0.5) is 0 Å². The Labute approximate surface area is 205 Å². The Morgan fingerprint density at radius 1 is 0.941 bits per heavy atom. The molecule has 0 aliphatic carbocycles. The summed E-state index contributed by atoms with van der Waals surface area (Å²) in [6, 6.07) is 19.9. The van der Waals surface area contributed by atoms with Crippen LogP contribution >= 0.6 is 11.6 Å². The van der Waals surface area contributed by atoms with Crippen molar-refractivity contribution in [1.82, 2.24) is 10.0 Å². The highest BCUT2D eigenvalue weighted by Gasteiger charge is 2.26. The quantitative estimate of drug-likeness (QED) is 0.418. The Morgan fingerprint density at radius 3 is 2.26 bits per heavy atom. The number of benzene rings is 3. The summed E-state index contributed by atoms with van der Waals surface area (Å²) in [4.78, 5) is 13.0. The third-order valence-corrected chi connectivity index (χ3v) is 6.97. The van der Waals surface area contributed by atoms with E-state index < -0.39 is 22.0 Å². The van der Waals surface area contributed by atoms with Gasteiger partial charge in [-0.1, -0.05) is 54.1 Å². The Hall–Kier alpha value is -3.07. The van der Waals surface area contributed by atoms with Crippen molar-refractivity contribution in [2.75, 3.05) is 20.8 Å². The monoisotopic (exact) mass is 502 g/mol. The largest absolute Gasteiger partial charge is 0.497 e. The van der Waals surface area contributed by atoms with Crippen molar-refractivity contribution in [2.45, 2.75) is 23.8 Å². The Bertz CT molecular complexity index is 1200. The first-order chi connectivity index (χ1) is 16.3. The molecule has 0 aromatic heterocycles. The van der Waals surface area contributed by atoms with E-state index in [2.05, 4.69) is 10.0 Å². The highest BCUT2D eigenvalue weighted by atomic mass is 35.5. The third-order valence-electron chi connectivity index (χ3n) is 5.20. The molecule has 3 aromatic rings. The molecule has 3 rings (SSSR count). The average molecular weight is 503 g/mol. The maximum Gasteiger partial charge on any atom is 0.241 e. The second-order valence-corrected chi connectivity index (χ2v) is 9.67. The summed E-state index contributed by atoms with van der Waals surface area (Å²) in [7, 11) is -0.977. The first kappa shape index (κ1) is 25.6. The van der Waals surface area contributed by atoms with Gasteiger partial charge in [-0.25, -0.2) is 8.42 Å². The molecule has 1 amide bonds. The van der Waals surface area contributed by atoms with Crippen LogP contribution in [-0.4, -0.2) is 41.1 Å². The van der Waals surface area contributed by atoms with Crippen LogP contribution in [0, 0.1) is 0 Å². The maximum absolute atomic E-state index is 13.0. The Morgan fingerprint density at radius 2 is 1.65 bits per heavy atom. The molecule has 2 N–H and O–H groups in total. The van der Waals surface area contributed by atoms with Crippen molar-refractivity contribution in [2.24, 2.45) is 0 Å². The van der Waals surface area contributed by atoms with E-state index >= 15 is 0 Å². The SMILES string of the molecule is COc1ccc(CCNC(=O)[C@H](Cc2ccccc2)NS(=O)(=O)c2ccc(OC)c(Cl)c2)cc1. The van der Waals surface area contributed by atoms with Gasteiger partial charge in [0.1, 0.15) is 17.5 Å². The lowest BCUT2D eigenvalue weighted by atomic mass is 10.1. The molecule has 7 nitrogen and oxygen atoms in total. The Balaban J connectivity index is 1.73. The number of nitrogens with one attached hydrogen (secondary N) is 2. The van der Waals surface area contributed by atoms with Crippen LogP contribution in [0.15, 0.2) is 77.7 Å². The molecule has 34 heavy (non-hydrogen) atoms. The normalized spacial score (nSPS) is 12.1. The van der Waals surface area contributed by atoms with E-state index in [0.29, 0.717) is 18.7 Å². The van der Waals surface area contributed by atoms with Gasteiger partial charge in [0, 0.05) is 6.54 Å². The van der Waals surface area contributed by atoms with E-state index in [-0.39, 0.29) is 16.3 Å². The molecule has 0 unspecified atom stereocenters. The molecule has 9 heteroatoms. The number of sulfonamides is 1. The number of methoxy groups -OCH3 is 2. The first-order valence-corrected chi connectivity index (χ1v) is 12.5. The molecule has 0 heterocycles. The van der Waals surface area contributed by atoms with Crippen LogP contribution in [-0.2, 0) is 27.7 Å². The zero-order chi connectivity index (χ0) is 24.6. The molecule has 0 saturated heterocycles. The Kier molecular flexibility index (Phi) is 8.92. The second-order valence-electron chi connectivity index (χ2n) is 7.55. The fourth-order valence-corrected chi connectivity index (χ4v) is 4.90. The van der Waals surface area contributed by atoms with Crippen LogP contribution in [0.5, 0.6) is 11.5 Å². The lowest BCUT2D eigenvalue weighted by Crippen LogP contribution is -2.48. The van der Waals surface area contributed by atoms with E-state index in [1.165, 1.54) is 25.3 Å². The van der Waals surface area contributed by atoms with Crippen molar-refractivity contribution in [3.8, 4) is 11.5 Å². The van der Waals surface area contributed by atoms with Gasteiger partial charge in [0.2, 0.25) is 15.9 Å². The molecule has 0 bridgehead atoms. The third kappa shape index (κ3) is 6.96. The predicted molar refractivity (Wildman–Crippen MR) is 132 cm³/mol. The minimum Gasteiger partial charge on any atom is -0.497 e. The highest BCUT2D eigenvalue weighted by Crippen LogP contribution is 2.27. The van der Waals surface area contributed by atoms with Gasteiger partial charge in [-0.3, -0.25) is 4.79 Å². The first-order valence-electron chi connectivity index (χ1n) is 10.6. The van der Waals surface area contributed by atoms with Crippen molar-refractivity contribution >= 4 is 27.5 Å². The molecule has 0 aliphatic heterocycles. The van der Waals surface area contributed by atoms with Crippen LogP contribution < -0.4 is 19.5 Å². The van der Waals surface area contributed by atoms with Crippen molar-refractivity contribution < 1.29 is 22.7 Å². The predicted octanol–water partition coefficient (Wildman–Crippen LogP) is 3.61. The molecule has 3 aromatic carbocycles. The fourth-order valence-electron chi connectivity index (χ4n) is 3.35. The molecule has 1 atom stereocenters. The summed E-state index contributed by atoms with van der Waals surface area (Å²) in [5, 5.41) is 3.00. The van der Waals surface area contributed by atoms with Crippen molar-refractivity contribution in [3.63, 3.8) is 0 Å². The topological polar surface area (TPSA) is 93.7 Å². The van der Waals surface area contributed by atoms with Gasteiger partial charge < -0.3 is 14.8 Å². The summed E-state index contributed by atoms with van der Waals surface area (Å²) >= 11 is 6.11. The van der Waals surface area contributed by atoms with Gasteiger partial charge in [0.05, 0.1) is 24.1 Å². The van der Waals surface area contributed by atoms with Gasteiger partial charge in [-0.2, -0.15) is 4.72 Å². The molecular formula is C25H27ClN2O5S. The number of rotatable bonds is 11. The molecule has 0 spiro atoms. The summed E-state index contributed by atoms with van der Waals surface area (Å²) in [6.07, 6.45) is 0.785. The number of halogens is 1. The van der Waals surface area contributed by atoms with Crippen LogP contribution in [0.3, 0.4) is 0 Å². The number of ether oxygens (including phenoxy) is 2. The van der Waals surface area contributed by atoms with Crippen molar-refractivity contribution in [1.29, 1.82) is 0 Å². The molecule has 0 radical (unpaired) electrons. The second kappa shape index (κ2) is 11.9. The van der Waals surface area contributed by atoms with Crippen molar-refractivity contribution in [3.05, 3.63) is 88.9 Å². The minimum absolute atomic E-state index is 0.0533. The standard InChI is InChI=1S/C25H27ClN2O5S/c1-32-20-10-8-18(9-11-20)14-15-27-25(29)23(16-19-6-4-3-5-7-19)28-34(30,31)21-12-13-24(33-2)22(26)17-21/h3-13,17,23,28H,14-16H2,1-2H3,(H,27,29)/t23-/m0/s1. The average Bonchev–Trinajstić information content (AvgIpc) is 2.84. The molecular weight excluding hydrogens is 476 g/mol.